The van der Waals surface area contributed by atoms with Crippen molar-refractivity contribution in [2.24, 2.45) is 11.1 Å². The van der Waals surface area contributed by atoms with Gasteiger partial charge in [0.1, 0.15) is 0 Å². The van der Waals surface area contributed by atoms with Crippen molar-refractivity contribution in [1.29, 1.82) is 0 Å². The van der Waals surface area contributed by atoms with E-state index in [0.29, 0.717) is 6.54 Å². The summed E-state index contributed by atoms with van der Waals surface area (Å²) in [7, 11) is 0. The Bertz CT molecular complexity index is 417. The third kappa shape index (κ3) is 4.67. The summed E-state index contributed by atoms with van der Waals surface area (Å²) < 4.78 is 0. The number of hydrogen-bond donors (Lipinski definition) is 2. The maximum absolute atomic E-state index is 11.9. The lowest BCUT2D eigenvalue weighted by atomic mass is 9.87. The topological polar surface area (TPSA) is 55.1 Å². The second-order valence-corrected chi connectivity index (χ2v) is 6.40. The zero-order chi connectivity index (χ0) is 14.6. The molecule has 0 aliphatic heterocycles. The summed E-state index contributed by atoms with van der Waals surface area (Å²) >= 11 is 0. The van der Waals surface area contributed by atoms with E-state index in [1.165, 1.54) is 11.1 Å². The van der Waals surface area contributed by atoms with Gasteiger partial charge in [0.2, 0.25) is 5.91 Å². The van der Waals surface area contributed by atoms with Crippen LogP contribution in [0.15, 0.2) is 24.3 Å². The summed E-state index contributed by atoms with van der Waals surface area (Å²) in [6.07, 6.45) is 0. The van der Waals surface area contributed by atoms with Crippen molar-refractivity contribution in [1.82, 2.24) is 5.32 Å². The molecule has 1 aromatic carbocycles. The van der Waals surface area contributed by atoms with Crippen molar-refractivity contribution in [3.8, 4) is 0 Å². The van der Waals surface area contributed by atoms with E-state index in [9.17, 15) is 4.79 Å². The zero-order valence-electron chi connectivity index (χ0n) is 12.7. The molecule has 0 heterocycles. The summed E-state index contributed by atoms with van der Waals surface area (Å²) in [6.45, 7) is 10.7. The molecule has 2 atom stereocenters. The van der Waals surface area contributed by atoms with Crippen LogP contribution in [-0.2, 0) is 4.79 Å². The van der Waals surface area contributed by atoms with E-state index in [2.05, 4.69) is 43.4 Å². The van der Waals surface area contributed by atoms with E-state index in [1.54, 1.807) is 0 Å². The highest BCUT2D eigenvalue weighted by atomic mass is 16.2. The molecule has 0 radical (unpaired) electrons. The number of benzene rings is 1. The molecule has 0 aliphatic rings. The lowest BCUT2D eigenvalue weighted by molar-refractivity contribution is -0.124. The van der Waals surface area contributed by atoms with Gasteiger partial charge >= 0.3 is 0 Å². The highest BCUT2D eigenvalue weighted by Crippen LogP contribution is 2.18. The minimum Gasteiger partial charge on any atom is -0.354 e. The van der Waals surface area contributed by atoms with Crippen LogP contribution in [0.1, 0.15) is 44.7 Å². The third-order valence-electron chi connectivity index (χ3n) is 3.44. The van der Waals surface area contributed by atoms with Gasteiger partial charge in [0, 0.05) is 6.54 Å². The van der Waals surface area contributed by atoms with Crippen LogP contribution in [0.2, 0.25) is 0 Å². The molecule has 3 heteroatoms. The van der Waals surface area contributed by atoms with Gasteiger partial charge in [-0.25, -0.2) is 0 Å². The van der Waals surface area contributed by atoms with Gasteiger partial charge in [-0.1, -0.05) is 57.5 Å². The molecule has 1 unspecified atom stereocenters. The monoisotopic (exact) mass is 262 g/mol. The van der Waals surface area contributed by atoms with Gasteiger partial charge in [-0.05, 0) is 23.8 Å². The first-order chi connectivity index (χ1) is 8.71. The Morgan fingerprint density at radius 1 is 1.26 bits per heavy atom. The van der Waals surface area contributed by atoms with E-state index in [1.807, 2.05) is 20.8 Å². The lowest BCUT2D eigenvalue weighted by Crippen LogP contribution is -2.49. The Kier molecular flexibility index (Phi) is 5.12. The molecule has 0 fully saturated rings. The normalized spacial score (nSPS) is 14.8. The molecular formula is C16H26N2O. The minimum absolute atomic E-state index is 0.0774. The highest BCUT2D eigenvalue weighted by molar-refractivity contribution is 5.82. The first kappa shape index (κ1) is 15.7. The molecule has 1 rings (SSSR count). The van der Waals surface area contributed by atoms with Crippen LogP contribution in [-0.4, -0.2) is 18.5 Å². The largest absolute Gasteiger partial charge is 0.354 e. The third-order valence-corrected chi connectivity index (χ3v) is 3.44. The van der Waals surface area contributed by atoms with E-state index in [0.717, 1.165) is 0 Å². The Balaban J connectivity index is 2.53. The predicted molar refractivity (Wildman–Crippen MR) is 80.0 cm³/mol. The summed E-state index contributed by atoms with van der Waals surface area (Å²) in [5, 5.41) is 2.94. The van der Waals surface area contributed by atoms with Gasteiger partial charge in [-0.2, -0.15) is 0 Å². The number of nitrogens with two attached hydrogens (primary N) is 1. The van der Waals surface area contributed by atoms with Crippen molar-refractivity contribution in [2.75, 3.05) is 6.54 Å². The Hall–Kier alpha value is -1.35. The van der Waals surface area contributed by atoms with Crippen LogP contribution in [0.4, 0.5) is 0 Å². The Labute approximate surface area is 116 Å². The van der Waals surface area contributed by atoms with Crippen molar-refractivity contribution in [3.05, 3.63) is 35.4 Å². The number of nitrogens with one attached hydrogen (secondary N) is 1. The van der Waals surface area contributed by atoms with Crippen LogP contribution >= 0.6 is 0 Å². The number of amides is 1. The maximum atomic E-state index is 11.9. The second kappa shape index (κ2) is 6.20. The van der Waals surface area contributed by atoms with E-state index < -0.39 is 6.04 Å². The van der Waals surface area contributed by atoms with Gasteiger partial charge in [0.05, 0.1) is 6.04 Å². The van der Waals surface area contributed by atoms with Crippen molar-refractivity contribution in [2.45, 2.75) is 46.6 Å². The summed E-state index contributed by atoms with van der Waals surface area (Å²) in [5.74, 6) is 0.211. The maximum Gasteiger partial charge on any atom is 0.237 e. The van der Waals surface area contributed by atoms with Crippen LogP contribution in [0.3, 0.4) is 0 Å². The average molecular weight is 262 g/mol. The summed E-state index contributed by atoms with van der Waals surface area (Å²) in [6, 6.07) is 7.92. The van der Waals surface area contributed by atoms with E-state index in [-0.39, 0.29) is 17.2 Å². The Morgan fingerprint density at radius 3 is 2.26 bits per heavy atom. The van der Waals surface area contributed by atoms with Crippen LogP contribution in [0.25, 0.3) is 0 Å². The molecule has 1 aromatic rings. The molecule has 19 heavy (non-hydrogen) atoms. The van der Waals surface area contributed by atoms with Crippen LogP contribution in [0.5, 0.6) is 0 Å². The molecule has 1 amide bonds. The van der Waals surface area contributed by atoms with Gasteiger partial charge in [-0.3, -0.25) is 4.79 Å². The first-order valence-corrected chi connectivity index (χ1v) is 6.81. The standard InChI is InChI=1S/C16H26N2O/c1-11-6-8-13(9-7-11)12(2)10-18-15(19)14(17)16(3,4)5/h6-9,12,14H,10,17H2,1-5H3,(H,18,19)/t12?,14-/m1/s1. The number of hydrogen-bond acceptors (Lipinski definition) is 2. The number of carbonyl (C=O) groups excluding carboxylic acids is 1. The van der Waals surface area contributed by atoms with Crippen LogP contribution < -0.4 is 11.1 Å². The van der Waals surface area contributed by atoms with Crippen molar-refractivity contribution < 1.29 is 4.79 Å². The number of carbonyl (C=O) groups is 1. The quantitative estimate of drug-likeness (QED) is 0.876. The molecular weight excluding hydrogens is 236 g/mol. The fourth-order valence-corrected chi connectivity index (χ4v) is 1.77. The molecule has 0 saturated carbocycles. The van der Waals surface area contributed by atoms with Crippen molar-refractivity contribution >= 4 is 5.91 Å². The molecule has 3 nitrogen and oxygen atoms in total. The fourth-order valence-electron chi connectivity index (χ4n) is 1.77. The first-order valence-electron chi connectivity index (χ1n) is 6.81. The molecule has 0 saturated heterocycles. The molecule has 0 spiro atoms. The lowest BCUT2D eigenvalue weighted by Gasteiger charge is -2.26. The smallest absolute Gasteiger partial charge is 0.237 e. The van der Waals surface area contributed by atoms with Crippen LogP contribution in [0, 0.1) is 12.3 Å². The number of rotatable bonds is 4. The minimum atomic E-state index is -0.474. The van der Waals surface area contributed by atoms with Gasteiger partial charge in [0.25, 0.3) is 0 Å². The predicted octanol–water partition coefficient (Wildman–Crippen LogP) is 2.59. The van der Waals surface area contributed by atoms with Gasteiger partial charge in [0.15, 0.2) is 0 Å². The van der Waals surface area contributed by atoms with Gasteiger partial charge in [-0.15, -0.1) is 0 Å². The zero-order valence-corrected chi connectivity index (χ0v) is 12.7. The highest BCUT2D eigenvalue weighted by Gasteiger charge is 2.27. The molecule has 106 valence electrons. The molecule has 0 aromatic heterocycles. The Morgan fingerprint density at radius 2 is 1.79 bits per heavy atom. The second-order valence-electron chi connectivity index (χ2n) is 6.40. The SMILES string of the molecule is Cc1ccc(C(C)CNC(=O)[C@@H](N)C(C)(C)C)cc1. The van der Waals surface area contributed by atoms with E-state index in [4.69, 9.17) is 5.73 Å². The van der Waals surface area contributed by atoms with E-state index >= 15 is 0 Å². The molecule has 3 N–H and O–H groups in total. The summed E-state index contributed by atoms with van der Waals surface area (Å²) in [5.41, 5.74) is 8.19. The van der Waals surface area contributed by atoms with Gasteiger partial charge < -0.3 is 11.1 Å². The fraction of sp³-hybridized carbons (Fsp3) is 0.562. The number of aryl methyl sites for hydroxylation is 1. The summed E-state index contributed by atoms with van der Waals surface area (Å²) in [4.78, 5) is 11.9. The van der Waals surface area contributed by atoms with Crippen molar-refractivity contribution in [3.63, 3.8) is 0 Å². The molecule has 0 bridgehead atoms. The molecule has 0 aliphatic carbocycles. The average Bonchev–Trinajstić information content (AvgIpc) is 2.34.